The van der Waals surface area contributed by atoms with Gasteiger partial charge in [-0.15, -0.1) is 0 Å². The van der Waals surface area contributed by atoms with E-state index in [1.54, 1.807) is 6.07 Å². The van der Waals surface area contributed by atoms with Gasteiger partial charge >= 0.3 is 0 Å². The second-order valence-corrected chi connectivity index (χ2v) is 7.75. The molecule has 2 aliphatic rings. The predicted molar refractivity (Wildman–Crippen MR) is 75.2 cm³/mol. The highest BCUT2D eigenvalue weighted by Gasteiger charge is 2.67. The van der Waals surface area contributed by atoms with E-state index < -0.39 is 21.3 Å². The zero-order valence-corrected chi connectivity index (χ0v) is 12.4. The average Bonchev–Trinajstić information content (AvgIpc) is 3.04. The van der Waals surface area contributed by atoms with Gasteiger partial charge in [0.1, 0.15) is 5.54 Å². The van der Waals surface area contributed by atoms with E-state index in [9.17, 15) is 18.0 Å². The van der Waals surface area contributed by atoms with Gasteiger partial charge < -0.3 is 10.6 Å². The van der Waals surface area contributed by atoms with Gasteiger partial charge in [0, 0.05) is 18.4 Å². The van der Waals surface area contributed by atoms with E-state index in [2.05, 4.69) is 0 Å². The molecule has 3 rings (SSSR count). The Morgan fingerprint density at radius 2 is 2.10 bits per heavy atom. The Morgan fingerprint density at radius 3 is 2.67 bits per heavy atom. The third-order valence-corrected chi connectivity index (χ3v) is 5.55. The number of rotatable bonds is 3. The van der Waals surface area contributed by atoms with Gasteiger partial charge in [0.05, 0.1) is 4.90 Å². The van der Waals surface area contributed by atoms with Crippen molar-refractivity contribution in [3.05, 3.63) is 29.8 Å². The lowest BCUT2D eigenvalue weighted by atomic mass is 10.1. The van der Waals surface area contributed by atoms with E-state index in [1.807, 2.05) is 0 Å². The van der Waals surface area contributed by atoms with Crippen molar-refractivity contribution in [3.8, 4) is 0 Å². The second-order valence-electron chi connectivity index (χ2n) is 5.74. The first kappa shape index (κ1) is 14.1. The first-order chi connectivity index (χ1) is 9.76. The van der Waals surface area contributed by atoms with Gasteiger partial charge in [-0.3, -0.25) is 9.59 Å². The molecule has 7 heteroatoms. The van der Waals surface area contributed by atoms with Crippen molar-refractivity contribution in [1.82, 2.24) is 4.90 Å². The highest BCUT2D eigenvalue weighted by molar-refractivity contribution is 7.90. The summed E-state index contributed by atoms with van der Waals surface area (Å²) in [5, 5.41) is 0. The number of primary amides is 1. The molecule has 2 fully saturated rings. The maximum atomic E-state index is 12.6. The van der Waals surface area contributed by atoms with Crippen LogP contribution in [0.25, 0.3) is 0 Å². The highest BCUT2D eigenvalue weighted by atomic mass is 32.2. The predicted octanol–water partition coefficient (Wildman–Crippen LogP) is 0.180. The topological polar surface area (TPSA) is 97.5 Å². The van der Waals surface area contributed by atoms with Crippen molar-refractivity contribution >= 4 is 21.7 Å². The van der Waals surface area contributed by atoms with E-state index in [1.165, 1.54) is 23.1 Å². The van der Waals surface area contributed by atoms with Crippen LogP contribution in [0.5, 0.6) is 0 Å². The normalized spacial score (nSPS) is 27.3. The lowest BCUT2D eigenvalue weighted by Gasteiger charge is -2.26. The molecule has 2 amide bonds. The van der Waals surface area contributed by atoms with E-state index >= 15 is 0 Å². The van der Waals surface area contributed by atoms with Crippen LogP contribution in [-0.4, -0.2) is 43.5 Å². The van der Waals surface area contributed by atoms with E-state index in [-0.39, 0.29) is 22.3 Å². The first-order valence-corrected chi connectivity index (χ1v) is 8.58. The average molecular weight is 308 g/mol. The molecular formula is C14H16N2O4S. The number of fused-ring (bicyclic) bond motifs is 1. The van der Waals surface area contributed by atoms with Gasteiger partial charge in [-0.05, 0) is 37.0 Å². The maximum Gasteiger partial charge on any atom is 0.254 e. The van der Waals surface area contributed by atoms with Crippen molar-refractivity contribution < 1.29 is 18.0 Å². The fourth-order valence-corrected chi connectivity index (χ4v) is 3.87. The number of sulfone groups is 1. The van der Waals surface area contributed by atoms with Crippen molar-refractivity contribution in [3.63, 3.8) is 0 Å². The number of benzene rings is 1. The molecule has 2 unspecified atom stereocenters. The Kier molecular flexibility index (Phi) is 2.88. The quantitative estimate of drug-likeness (QED) is 0.861. The smallest absolute Gasteiger partial charge is 0.254 e. The Labute approximate surface area is 122 Å². The lowest BCUT2D eigenvalue weighted by Crippen LogP contribution is -2.48. The first-order valence-electron chi connectivity index (χ1n) is 6.69. The molecule has 112 valence electrons. The molecule has 1 heterocycles. The summed E-state index contributed by atoms with van der Waals surface area (Å²) >= 11 is 0. The van der Waals surface area contributed by atoms with Crippen LogP contribution in [0.15, 0.2) is 29.2 Å². The van der Waals surface area contributed by atoms with Gasteiger partial charge in [0.2, 0.25) is 5.91 Å². The van der Waals surface area contributed by atoms with Gasteiger partial charge in [0.15, 0.2) is 9.84 Å². The van der Waals surface area contributed by atoms with Crippen molar-refractivity contribution in [1.29, 1.82) is 0 Å². The molecule has 0 spiro atoms. The molecule has 1 saturated carbocycles. The number of hydrogen-bond donors (Lipinski definition) is 1. The molecule has 2 N–H and O–H groups in total. The number of nitrogens with zero attached hydrogens (tertiary/aromatic N) is 1. The summed E-state index contributed by atoms with van der Waals surface area (Å²) in [7, 11) is -3.38. The molecule has 2 atom stereocenters. The molecule has 0 bridgehead atoms. The minimum Gasteiger partial charge on any atom is -0.368 e. The third-order valence-electron chi connectivity index (χ3n) is 4.44. The number of hydrogen-bond acceptors (Lipinski definition) is 4. The number of piperidine rings is 1. The Hall–Kier alpha value is -1.89. The summed E-state index contributed by atoms with van der Waals surface area (Å²) in [5.41, 5.74) is 4.87. The van der Waals surface area contributed by atoms with E-state index in [0.717, 1.165) is 12.7 Å². The van der Waals surface area contributed by atoms with Crippen LogP contribution in [0.1, 0.15) is 23.2 Å². The minimum absolute atomic E-state index is 0.0908. The fourth-order valence-electron chi connectivity index (χ4n) is 3.21. The molecule has 1 saturated heterocycles. The second kappa shape index (κ2) is 4.30. The summed E-state index contributed by atoms with van der Waals surface area (Å²) < 4.78 is 23.1. The highest BCUT2D eigenvalue weighted by Crippen LogP contribution is 2.55. The van der Waals surface area contributed by atoms with Gasteiger partial charge in [0.25, 0.3) is 5.91 Å². The zero-order valence-electron chi connectivity index (χ0n) is 11.6. The molecule has 1 aliphatic carbocycles. The number of likely N-dealkylation sites (tertiary alicyclic amines) is 1. The summed E-state index contributed by atoms with van der Waals surface area (Å²) in [4.78, 5) is 25.9. The van der Waals surface area contributed by atoms with Crippen LogP contribution in [0.3, 0.4) is 0 Å². The molecule has 1 aliphatic heterocycles. The van der Waals surface area contributed by atoms with Gasteiger partial charge in [-0.1, -0.05) is 6.07 Å². The van der Waals surface area contributed by atoms with Crippen LogP contribution in [0.4, 0.5) is 0 Å². The Morgan fingerprint density at radius 1 is 1.38 bits per heavy atom. The summed E-state index contributed by atoms with van der Waals surface area (Å²) in [6, 6.07) is 5.88. The van der Waals surface area contributed by atoms with Crippen molar-refractivity contribution in [2.24, 2.45) is 11.7 Å². The largest absolute Gasteiger partial charge is 0.368 e. The molecule has 0 radical (unpaired) electrons. The van der Waals surface area contributed by atoms with Crippen LogP contribution in [0.2, 0.25) is 0 Å². The van der Waals surface area contributed by atoms with E-state index in [0.29, 0.717) is 13.0 Å². The number of nitrogens with two attached hydrogens (primary N) is 1. The maximum absolute atomic E-state index is 12.6. The SMILES string of the molecule is CS(=O)(=O)c1cccc(C(=O)N2CCC3CC32C(N)=O)c1. The summed E-state index contributed by atoms with van der Waals surface area (Å²) in [5.74, 6) is -0.658. The minimum atomic E-state index is -3.38. The molecular weight excluding hydrogens is 292 g/mol. The molecule has 21 heavy (non-hydrogen) atoms. The molecule has 1 aromatic carbocycles. The number of amides is 2. The van der Waals surface area contributed by atoms with E-state index in [4.69, 9.17) is 5.73 Å². The zero-order chi connectivity index (χ0) is 15.4. The van der Waals surface area contributed by atoms with Crippen LogP contribution in [-0.2, 0) is 14.6 Å². The molecule has 6 nitrogen and oxygen atoms in total. The van der Waals surface area contributed by atoms with Crippen molar-refractivity contribution in [2.75, 3.05) is 12.8 Å². The number of carbonyl (C=O) groups excluding carboxylic acids is 2. The summed E-state index contributed by atoms with van der Waals surface area (Å²) in [6.45, 7) is 0.482. The monoisotopic (exact) mass is 308 g/mol. The van der Waals surface area contributed by atoms with Gasteiger partial charge in [-0.25, -0.2) is 8.42 Å². The van der Waals surface area contributed by atoms with Crippen LogP contribution >= 0.6 is 0 Å². The Bertz CT molecular complexity index is 743. The molecule has 1 aromatic rings. The van der Waals surface area contributed by atoms with Gasteiger partial charge in [-0.2, -0.15) is 0 Å². The van der Waals surface area contributed by atoms with Crippen molar-refractivity contribution in [2.45, 2.75) is 23.3 Å². The Balaban J connectivity index is 1.95. The number of carbonyl (C=O) groups is 2. The fraction of sp³-hybridized carbons (Fsp3) is 0.429. The van der Waals surface area contributed by atoms with Crippen LogP contribution in [0, 0.1) is 5.92 Å². The summed E-state index contributed by atoms with van der Waals surface area (Å²) in [6.07, 6.45) is 2.47. The van der Waals surface area contributed by atoms with Crippen LogP contribution < -0.4 is 5.73 Å². The molecule has 0 aromatic heterocycles. The standard InChI is InChI=1S/C14H16N2O4S/c1-21(19,20)11-4-2-3-9(7-11)12(17)16-6-5-10-8-14(10,16)13(15)18/h2-4,7,10H,5-6,8H2,1H3,(H2,15,18). The lowest BCUT2D eigenvalue weighted by molar-refractivity contribution is -0.123. The third kappa shape index (κ3) is 2.03.